The molecule has 4 N–H and O–H groups in total. The number of hydrogen-bond acceptors (Lipinski definition) is 3. The molecule has 0 aliphatic carbocycles. The van der Waals surface area contributed by atoms with E-state index in [1.807, 2.05) is 25.1 Å². The molecule has 7 nitrogen and oxygen atoms in total. The monoisotopic (exact) mass is 301 g/mol. The highest BCUT2D eigenvalue weighted by atomic mass is 16.2. The summed E-state index contributed by atoms with van der Waals surface area (Å²) in [7, 11) is 0. The molecule has 0 bridgehead atoms. The number of H-pyrrole nitrogens is 1. The number of imidazole rings is 1. The van der Waals surface area contributed by atoms with Crippen molar-refractivity contribution in [1.29, 1.82) is 0 Å². The van der Waals surface area contributed by atoms with Crippen molar-refractivity contribution in [3.05, 3.63) is 29.6 Å². The zero-order valence-electron chi connectivity index (χ0n) is 12.4. The predicted octanol–water partition coefficient (Wildman–Crippen LogP) is 1.03. The van der Waals surface area contributed by atoms with Gasteiger partial charge in [0.05, 0.1) is 11.0 Å². The van der Waals surface area contributed by atoms with E-state index in [-0.39, 0.29) is 6.03 Å². The lowest BCUT2D eigenvalue weighted by atomic mass is 10.2. The third-order valence-corrected chi connectivity index (χ3v) is 3.95. The Labute approximate surface area is 127 Å². The van der Waals surface area contributed by atoms with Crippen molar-refractivity contribution in [2.24, 2.45) is 5.73 Å². The van der Waals surface area contributed by atoms with Crippen LogP contribution in [0.2, 0.25) is 0 Å². The second-order valence-corrected chi connectivity index (χ2v) is 5.59. The SMILES string of the molecule is Cc1nc2ccc(CNC(=O)N3CCC[C@H]3C(N)=O)cc2[nH]1. The Morgan fingerprint density at radius 2 is 2.32 bits per heavy atom. The Bertz CT molecular complexity index is 724. The van der Waals surface area contributed by atoms with Crippen molar-refractivity contribution < 1.29 is 9.59 Å². The van der Waals surface area contributed by atoms with Crippen LogP contribution in [0.5, 0.6) is 0 Å². The number of aromatic nitrogens is 2. The molecule has 2 aromatic rings. The van der Waals surface area contributed by atoms with Gasteiger partial charge in [0, 0.05) is 13.1 Å². The zero-order valence-corrected chi connectivity index (χ0v) is 12.4. The molecule has 1 aliphatic heterocycles. The summed E-state index contributed by atoms with van der Waals surface area (Å²) in [5.41, 5.74) is 8.15. The Balaban J connectivity index is 1.65. The Hall–Kier alpha value is -2.57. The van der Waals surface area contributed by atoms with E-state index < -0.39 is 11.9 Å². The van der Waals surface area contributed by atoms with Crippen LogP contribution in [0.3, 0.4) is 0 Å². The average Bonchev–Trinajstić information content (AvgIpc) is 3.09. The van der Waals surface area contributed by atoms with Gasteiger partial charge in [0.1, 0.15) is 11.9 Å². The van der Waals surface area contributed by atoms with Crippen LogP contribution in [0.1, 0.15) is 24.2 Å². The summed E-state index contributed by atoms with van der Waals surface area (Å²) in [5, 5.41) is 2.84. The Kier molecular flexibility index (Phi) is 3.70. The molecule has 0 unspecified atom stereocenters. The van der Waals surface area contributed by atoms with E-state index in [9.17, 15) is 9.59 Å². The number of fused-ring (bicyclic) bond motifs is 1. The number of amides is 3. The maximum atomic E-state index is 12.2. The summed E-state index contributed by atoms with van der Waals surface area (Å²) in [6, 6.07) is 5.08. The summed E-state index contributed by atoms with van der Waals surface area (Å²) in [4.78, 5) is 32.5. The van der Waals surface area contributed by atoms with Crippen LogP contribution in [0.25, 0.3) is 11.0 Å². The minimum atomic E-state index is -0.488. The Morgan fingerprint density at radius 3 is 3.09 bits per heavy atom. The van der Waals surface area contributed by atoms with Gasteiger partial charge < -0.3 is 20.9 Å². The van der Waals surface area contributed by atoms with Gasteiger partial charge in [0.25, 0.3) is 0 Å². The summed E-state index contributed by atoms with van der Waals surface area (Å²) in [6.45, 7) is 2.87. The van der Waals surface area contributed by atoms with E-state index >= 15 is 0 Å². The molecule has 3 amide bonds. The number of hydrogen-bond donors (Lipinski definition) is 3. The molecule has 1 atom stereocenters. The van der Waals surface area contributed by atoms with Crippen molar-refractivity contribution in [1.82, 2.24) is 20.2 Å². The van der Waals surface area contributed by atoms with Gasteiger partial charge in [-0.25, -0.2) is 9.78 Å². The van der Waals surface area contributed by atoms with Gasteiger partial charge in [-0.05, 0) is 37.5 Å². The van der Waals surface area contributed by atoms with Crippen LogP contribution in [0, 0.1) is 6.92 Å². The van der Waals surface area contributed by atoms with Gasteiger partial charge in [-0.15, -0.1) is 0 Å². The number of urea groups is 1. The molecule has 1 fully saturated rings. The normalized spacial score (nSPS) is 17.9. The molecule has 1 aliphatic rings. The lowest BCUT2D eigenvalue weighted by Crippen LogP contribution is -2.47. The standard InChI is InChI=1S/C15H19N5O2/c1-9-18-11-5-4-10(7-12(11)19-9)8-17-15(22)20-6-2-3-13(20)14(16)21/h4-5,7,13H,2-3,6,8H2,1H3,(H2,16,21)(H,17,22)(H,18,19)/t13-/m0/s1. The van der Waals surface area contributed by atoms with Crippen LogP contribution < -0.4 is 11.1 Å². The number of benzene rings is 1. The van der Waals surface area contributed by atoms with E-state index in [0.29, 0.717) is 19.5 Å². The number of rotatable bonds is 3. The van der Waals surface area contributed by atoms with Gasteiger partial charge >= 0.3 is 6.03 Å². The summed E-state index contributed by atoms with van der Waals surface area (Å²) in [6.07, 6.45) is 1.45. The van der Waals surface area contributed by atoms with E-state index in [0.717, 1.165) is 28.8 Å². The number of carbonyl (C=O) groups is 2. The number of likely N-dealkylation sites (tertiary alicyclic amines) is 1. The molecule has 1 aromatic carbocycles. The molecule has 116 valence electrons. The number of nitrogens with two attached hydrogens (primary N) is 1. The van der Waals surface area contributed by atoms with E-state index in [1.54, 1.807) is 0 Å². The first-order chi connectivity index (χ1) is 10.5. The zero-order chi connectivity index (χ0) is 15.7. The van der Waals surface area contributed by atoms with E-state index in [4.69, 9.17) is 5.73 Å². The molecular formula is C15H19N5O2. The molecule has 1 saturated heterocycles. The number of carbonyl (C=O) groups excluding carboxylic acids is 2. The quantitative estimate of drug-likeness (QED) is 0.788. The smallest absolute Gasteiger partial charge is 0.318 e. The van der Waals surface area contributed by atoms with Gasteiger partial charge in [0.15, 0.2) is 0 Å². The van der Waals surface area contributed by atoms with Crippen molar-refractivity contribution in [2.45, 2.75) is 32.4 Å². The number of aryl methyl sites for hydroxylation is 1. The van der Waals surface area contributed by atoms with Crippen LogP contribution in [-0.4, -0.2) is 39.4 Å². The first-order valence-corrected chi connectivity index (χ1v) is 7.33. The minimum Gasteiger partial charge on any atom is -0.368 e. The third-order valence-electron chi connectivity index (χ3n) is 3.95. The maximum absolute atomic E-state index is 12.2. The highest BCUT2D eigenvalue weighted by Crippen LogP contribution is 2.17. The summed E-state index contributed by atoms with van der Waals surface area (Å²) >= 11 is 0. The van der Waals surface area contributed by atoms with E-state index in [2.05, 4.69) is 15.3 Å². The maximum Gasteiger partial charge on any atom is 0.318 e. The molecule has 2 heterocycles. The van der Waals surface area contributed by atoms with Crippen LogP contribution >= 0.6 is 0 Å². The minimum absolute atomic E-state index is 0.248. The molecule has 0 radical (unpaired) electrons. The first-order valence-electron chi connectivity index (χ1n) is 7.33. The van der Waals surface area contributed by atoms with Gasteiger partial charge in [-0.3, -0.25) is 4.79 Å². The van der Waals surface area contributed by atoms with Crippen molar-refractivity contribution in [3.63, 3.8) is 0 Å². The molecule has 0 spiro atoms. The highest BCUT2D eigenvalue weighted by Gasteiger charge is 2.32. The molecule has 1 aromatic heterocycles. The molecule has 22 heavy (non-hydrogen) atoms. The molecule has 7 heteroatoms. The average molecular weight is 301 g/mol. The van der Waals surface area contributed by atoms with Crippen LogP contribution in [0.15, 0.2) is 18.2 Å². The topological polar surface area (TPSA) is 104 Å². The third kappa shape index (κ3) is 2.74. The second-order valence-electron chi connectivity index (χ2n) is 5.59. The van der Waals surface area contributed by atoms with Crippen molar-refractivity contribution in [3.8, 4) is 0 Å². The van der Waals surface area contributed by atoms with Crippen LogP contribution in [-0.2, 0) is 11.3 Å². The second kappa shape index (κ2) is 5.67. The largest absolute Gasteiger partial charge is 0.368 e. The fourth-order valence-corrected chi connectivity index (χ4v) is 2.88. The fraction of sp³-hybridized carbons (Fsp3) is 0.400. The lowest BCUT2D eigenvalue weighted by molar-refractivity contribution is -0.121. The van der Waals surface area contributed by atoms with Crippen molar-refractivity contribution >= 4 is 23.0 Å². The molecule has 3 rings (SSSR count). The number of primary amides is 1. The number of nitrogens with zero attached hydrogens (tertiary/aromatic N) is 2. The van der Waals surface area contributed by atoms with Gasteiger partial charge in [-0.1, -0.05) is 6.07 Å². The van der Waals surface area contributed by atoms with E-state index in [1.165, 1.54) is 4.90 Å². The molecular weight excluding hydrogens is 282 g/mol. The summed E-state index contributed by atoms with van der Waals surface area (Å²) < 4.78 is 0. The number of nitrogens with one attached hydrogen (secondary N) is 2. The highest BCUT2D eigenvalue weighted by molar-refractivity contribution is 5.86. The van der Waals surface area contributed by atoms with Crippen LogP contribution in [0.4, 0.5) is 4.79 Å². The van der Waals surface area contributed by atoms with Gasteiger partial charge in [0.2, 0.25) is 5.91 Å². The fourth-order valence-electron chi connectivity index (χ4n) is 2.88. The summed E-state index contributed by atoms with van der Waals surface area (Å²) in [5.74, 6) is 0.416. The number of aromatic amines is 1. The molecule has 0 saturated carbocycles. The Morgan fingerprint density at radius 1 is 1.50 bits per heavy atom. The van der Waals surface area contributed by atoms with Crippen molar-refractivity contribution in [2.75, 3.05) is 6.54 Å². The first kappa shape index (κ1) is 14.4. The predicted molar refractivity (Wildman–Crippen MR) is 82.0 cm³/mol. The van der Waals surface area contributed by atoms with Gasteiger partial charge in [-0.2, -0.15) is 0 Å². The lowest BCUT2D eigenvalue weighted by Gasteiger charge is -2.22.